The number of benzene rings is 2. The minimum atomic E-state index is -0.872. The number of carbonyl (C=O) groups excluding carboxylic acids is 1. The van der Waals surface area contributed by atoms with Crippen LogP contribution in [0.4, 0.5) is 8.78 Å². The van der Waals surface area contributed by atoms with Gasteiger partial charge in [-0.15, -0.1) is 0 Å². The van der Waals surface area contributed by atoms with Gasteiger partial charge in [-0.1, -0.05) is 29.8 Å². The monoisotopic (exact) mass is 444 g/mol. The van der Waals surface area contributed by atoms with Crippen molar-refractivity contribution in [2.24, 2.45) is 0 Å². The average Bonchev–Trinajstić information content (AvgIpc) is 3.16. The van der Waals surface area contributed by atoms with Gasteiger partial charge < -0.3 is 15.4 Å². The Morgan fingerprint density at radius 2 is 1.84 bits per heavy atom. The highest BCUT2D eigenvalue weighted by atomic mass is 35.5. The number of hydrogen-bond donors (Lipinski definition) is 3. The first-order valence-electron chi connectivity index (χ1n) is 9.16. The predicted molar refractivity (Wildman–Crippen MR) is 111 cm³/mol. The number of hydrogen-bond acceptors (Lipinski definition) is 4. The molecule has 0 saturated heterocycles. The highest BCUT2D eigenvalue weighted by Gasteiger charge is 2.23. The van der Waals surface area contributed by atoms with Gasteiger partial charge in [0.1, 0.15) is 16.9 Å². The van der Waals surface area contributed by atoms with Gasteiger partial charge in [0.15, 0.2) is 11.6 Å². The molecule has 0 unspecified atom stereocenters. The normalized spacial score (nSPS) is 11.1. The van der Waals surface area contributed by atoms with Gasteiger partial charge in [0.2, 0.25) is 0 Å². The topological polar surface area (TPSA) is 100 Å². The third-order valence-electron chi connectivity index (χ3n) is 4.64. The maximum absolute atomic E-state index is 14.5. The molecule has 1 amide bonds. The van der Waals surface area contributed by atoms with E-state index in [1.165, 1.54) is 24.4 Å². The number of para-hydroxylation sites is 1. The van der Waals surface area contributed by atoms with Crippen LogP contribution >= 0.6 is 11.6 Å². The lowest BCUT2D eigenvalue weighted by molar-refractivity contribution is 0.0945. The molecule has 0 aliphatic heterocycles. The quantitative estimate of drug-likeness (QED) is 0.440. The summed E-state index contributed by atoms with van der Waals surface area (Å²) in [6.45, 7) is -0.0822. The molecule has 0 bridgehead atoms. The fraction of sp³-hybridized carbons (Fsp3) is 0.0952. The van der Waals surface area contributed by atoms with Crippen molar-refractivity contribution in [3.63, 3.8) is 0 Å². The molecule has 3 N–H and O–H groups in total. The molecule has 0 aliphatic carbocycles. The summed E-state index contributed by atoms with van der Waals surface area (Å²) in [4.78, 5) is 27.1. The summed E-state index contributed by atoms with van der Waals surface area (Å²) in [6, 6.07) is 9.50. The minimum absolute atomic E-state index is 0.0487. The van der Waals surface area contributed by atoms with Crippen LogP contribution in [-0.2, 0) is 0 Å². The van der Waals surface area contributed by atoms with Gasteiger partial charge in [0.05, 0.1) is 17.0 Å². The molecule has 0 radical (unpaired) electrons. The van der Waals surface area contributed by atoms with Crippen molar-refractivity contribution in [1.82, 2.24) is 20.1 Å². The SMILES string of the molecule is O=C(NCCO)c1ccc(-c2nn(-c3c(F)cccc3F)c3c(Cl)c[nH]c(=O)c23)cc1. The Kier molecular flexibility index (Phi) is 5.53. The summed E-state index contributed by atoms with van der Waals surface area (Å²) in [5, 5.41) is 15.7. The van der Waals surface area contributed by atoms with Crippen LogP contribution in [0, 0.1) is 11.6 Å². The Morgan fingerprint density at radius 1 is 1.16 bits per heavy atom. The zero-order valence-electron chi connectivity index (χ0n) is 15.8. The van der Waals surface area contributed by atoms with Crippen molar-refractivity contribution in [2.75, 3.05) is 13.2 Å². The van der Waals surface area contributed by atoms with E-state index in [4.69, 9.17) is 16.7 Å². The summed E-state index contributed by atoms with van der Waals surface area (Å²) in [5.74, 6) is -2.13. The molecule has 0 aliphatic rings. The van der Waals surface area contributed by atoms with Gasteiger partial charge in [0, 0.05) is 23.9 Å². The van der Waals surface area contributed by atoms with Crippen LogP contribution in [0.1, 0.15) is 10.4 Å². The Labute approximate surface area is 178 Å². The largest absolute Gasteiger partial charge is 0.395 e. The summed E-state index contributed by atoms with van der Waals surface area (Å²) >= 11 is 6.26. The van der Waals surface area contributed by atoms with E-state index in [2.05, 4.69) is 15.4 Å². The Balaban J connectivity index is 1.91. The number of halogens is 3. The number of aromatic nitrogens is 3. The van der Waals surface area contributed by atoms with Gasteiger partial charge in [-0.05, 0) is 24.3 Å². The van der Waals surface area contributed by atoms with Gasteiger partial charge >= 0.3 is 0 Å². The molecule has 2 heterocycles. The van der Waals surface area contributed by atoms with E-state index in [-0.39, 0.29) is 40.7 Å². The van der Waals surface area contributed by atoms with Crippen LogP contribution in [0.25, 0.3) is 27.8 Å². The van der Waals surface area contributed by atoms with Crippen molar-refractivity contribution in [2.45, 2.75) is 0 Å². The van der Waals surface area contributed by atoms with Gasteiger partial charge in [-0.3, -0.25) is 9.59 Å². The fourth-order valence-electron chi connectivity index (χ4n) is 3.23. The number of aliphatic hydroxyl groups is 1. The Bertz CT molecular complexity index is 1330. The Morgan fingerprint density at radius 3 is 2.48 bits per heavy atom. The number of fused-ring (bicyclic) bond motifs is 1. The molecule has 10 heteroatoms. The van der Waals surface area contributed by atoms with Crippen LogP contribution < -0.4 is 10.9 Å². The number of rotatable bonds is 5. The Hall–Kier alpha value is -3.56. The molecule has 0 fully saturated rings. The molecule has 2 aromatic heterocycles. The summed E-state index contributed by atoms with van der Waals surface area (Å²) < 4.78 is 29.9. The number of nitrogens with zero attached hydrogens (tertiary/aromatic N) is 2. The van der Waals surface area contributed by atoms with E-state index >= 15 is 0 Å². The molecular formula is C21H15ClF2N4O3. The smallest absolute Gasteiger partial charge is 0.259 e. The molecule has 0 atom stereocenters. The standard InChI is InChI=1S/C21H15ClF2N4O3/c22-13-10-26-21(31)16-17(11-4-6-12(7-5-11)20(30)25-8-9-29)27-28(18(13)16)19-14(23)2-1-3-15(19)24/h1-7,10,29H,8-9H2,(H,25,30)(H,26,31). The van der Waals surface area contributed by atoms with Crippen molar-refractivity contribution in [1.29, 1.82) is 0 Å². The highest BCUT2D eigenvalue weighted by Crippen LogP contribution is 2.32. The molecule has 4 rings (SSSR count). The lowest BCUT2D eigenvalue weighted by Gasteiger charge is -2.07. The first-order chi connectivity index (χ1) is 14.9. The second-order valence-electron chi connectivity index (χ2n) is 6.58. The molecule has 158 valence electrons. The fourth-order valence-corrected chi connectivity index (χ4v) is 3.46. The van der Waals surface area contributed by atoms with Crippen LogP contribution in [0.2, 0.25) is 5.02 Å². The van der Waals surface area contributed by atoms with E-state index < -0.39 is 22.9 Å². The van der Waals surface area contributed by atoms with E-state index in [0.29, 0.717) is 11.1 Å². The highest BCUT2D eigenvalue weighted by molar-refractivity contribution is 6.35. The molecule has 31 heavy (non-hydrogen) atoms. The van der Waals surface area contributed by atoms with Crippen LogP contribution in [0.5, 0.6) is 0 Å². The minimum Gasteiger partial charge on any atom is -0.395 e. The molecular weight excluding hydrogens is 430 g/mol. The second kappa shape index (κ2) is 8.29. The van der Waals surface area contributed by atoms with Crippen molar-refractivity contribution in [3.8, 4) is 16.9 Å². The first-order valence-corrected chi connectivity index (χ1v) is 9.54. The number of amides is 1. The van der Waals surface area contributed by atoms with Crippen molar-refractivity contribution < 1.29 is 18.7 Å². The first kappa shape index (κ1) is 20.7. The number of pyridine rings is 1. The van der Waals surface area contributed by atoms with Crippen LogP contribution in [-0.4, -0.2) is 38.9 Å². The van der Waals surface area contributed by atoms with Crippen molar-refractivity contribution >= 4 is 28.4 Å². The summed E-state index contributed by atoms with van der Waals surface area (Å²) in [6.07, 6.45) is 1.22. The molecule has 0 saturated carbocycles. The van der Waals surface area contributed by atoms with E-state index in [9.17, 15) is 18.4 Å². The van der Waals surface area contributed by atoms with Gasteiger partial charge in [-0.2, -0.15) is 5.10 Å². The number of nitrogens with one attached hydrogen (secondary N) is 2. The van der Waals surface area contributed by atoms with Gasteiger partial charge in [0.25, 0.3) is 11.5 Å². The molecule has 7 nitrogen and oxygen atoms in total. The predicted octanol–water partition coefficient (Wildman–Crippen LogP) is 3.03. The van der Waals surface area contributed by atoms with Crippen molar-refractivity contribution in [3.05, 3.63) is 81.2 Å². The van der Waals surface area contributed by atoms with Gasteiger partial charge in [-0.25, -0.2) is 13.5 Å². The van der Waals surface area contributed by atoms with Crippen LogP contribution in [0.15, 0.2) is 53.5 Å². The molecule has 4 aromatic rings. The molecule has 0 spiro atoms. The molecule has 2 aromatic carbocycles. The third kappa shape index (κ3) is 3.69. The number of aromatic amines is 1. The van der Waals surface area contributed by atoms with E-state index in [1.807, 2.05) is 0 Å². The van der Waals surface area contributed by atoms with E-state index in [0.717, 1.165) is 16.8 Å². The third-order valence-corrected chi connectivity index (χ3v) is 4.92. The lowest BCUT2D eigenvalue weighted by atomic mass is 10.1. The number of carbonyl (C=O) groups is 1. The van der Waals surface area contributed by atoms with E-state index in [1.54, 1.807) is 12.1 Å². The zero-order chi connectivity index (χ0) is 22.1. The summed E-state index contributed by atoms with van der Waals surface area (Å²) in [5.41, 5.74) is -0.0497. The lowest BCUT2D eigenvalue weighted by Crippen LogP contribution is -2.26. The number of aliphatic hydroxyl groups excluding tert-OH is 1. The zero-order valence-corrected chi connectivity index (χ0v) is 16.6. The summed E-state index contributed by atoms with van der Waals surface area (Å²) in [7, 11) is 0. The van der Waals surface area contributed by atoms with Crippen LogP contribution in [0.3, 0.4) is 0 Å². The second-order valence-corrected chi connectivity index (χ2v) is 6.98. The average molecular weight is 445 g/mol. The maximum atomic E-state index is 14.5. The maximum Gasteiger partial charge on any atom is 0.259 e. The number of H-pyrrole nitrogens is 1.